The SMILES string of the molecule is CC(C)(C)c1ccc(=O)sc1. The number of rotatable bonds is 0. The molecule has 0 saturated heterocycles. The molecule has 0 aromatic carbocycles. The topological polar surface area (TPSA) is 17.1 Å². The molecule has 0 aliphatic heterocycles. The van der Waals surface area contributed by atoms with Crippen molar-refractivity contribution in [2.24, 2.45) is 0 Å². The van der Waals surface area contributed by atoms with Gasteiger partial charge in [0, 0.05) is 0 Å². The Labute approximate surface area is 70.7 Å². The summed E-state index contributed by atoms with van der Waals surface area (Å²) in [6.07, 6.45) is 0. The highest BCUT2D eigenvalue weighted by molar-refractivity contribution is 7.07. The van der Waals surface area contributed by atoms with E-state index in [0.29, 0.717) is 0 Å². The summed E-state index contributed by atoms with van der Waals surface area (Å²) < 4.78 is 0.123. The van der Waals surface area contributed by atoms with Crippen molar-refractivity contribution in [3.05, 3.63) is 32.6 Å². The normalized spacial score (nSPS) is 11.5. The van der Waals surface area contributed by atoms with Crippen LogP contribution in [0.3, 0.4) is 0 Å². The van der Waals surface area contributed by atoms with E-state index in [-0.39, 0.29) is 10.2 Å². The Morgan fingerprint density at radius 2 is 1.91 bits per heavy atom. The van der Waals surface area contributed by atoms with Crippen LogP contribution in [0.2, 0.25) is 0 Å². The Morgan fingerprint density at radius 1 is 1.27 bits per heavy atom. The van der Waals surface area contributed by atoms with Crippen LogP contribution >= 0.6 is 11.3 Å². The fraction of sp³-hybridized carbons (Fsp3) is 0.444. The monoisotopic (exact) mass is 168 g/mol. The van der Waals surface area contributed by atoms with Crippen molar-refractivity contribution < 1.29 is 0 Å². The van der Waals surface area contributed by atoms with Crippen molar-refractivity contribution in [2.75, 3.05) is 0 Å². The van der Waals surface area contributed by atoms with Gasteiger partial charge in [-0.25, -0.2) is 0 Å². The van der Waals surface area contributed by atoms with Crippen molar-refractivity contribution in [3.8, 4) is 0 Å². The Balaban J connectivity index is 3.09. The lowest BCUT2D eigenvalue weighted by Gasteiger charge is -2.17. The van der Waals surface area contributed by atoms with E-state index in [9.17, 15) is 4.79 Å². The third kappa shape index (κ3) is 2.15. The van der Waals surface area contributed by atoms with Crippen molar-refractivity contribution in [1.82, 2.24) is 0 Å². The summed E-state index contributed by atoms with van der Waals surface area (Å²) in [5.41, 5.74) is 1.38. The molecular formula is C9H12OS. The van der Waals surface area contributed by atoms with Crippen LogP contribution < -0.4 is 4.74 Å². The van der Waals surface area contributed by atoms with Crippen molar-refractivity contribution in [1.29, 1.82) is 0 Å². The van der Waals surface area contributed by atoms with Crippen LogP contribution in [0.25, 0.3) is 0 Å². The lowest BCUT2D eigenvalue weighted by molar-refractivity contribution is 0.592. The molecule has 0 saturated carbocycles. The quantitative estimate of drug-likeness (QED) is 0.581. The summed E-state index contributed by atoms with van der Waals surface area (Å²) in [6.45, 7) is 6.42. The first-order chi connectivity index (χ1) is 5.00. The molecule has 11 heavy (non-hydrogen) atoms. The minimum absolute atomic E-state index is 0.123. The van der Waals surface area contributed by atoms with Gasteiger partial charge in [-0.2, -0.15) is 0 Å². The molecule has 1 rings (SSSR count). The molecule has 0 N–H and O–H groups in total. The highest BCUT2D eigenvalue weighted by Crippen LogP contribution is 2.21. The zero-order chi connectivity index (χ0) is 8.48. The zero-order valence-electron chi connectivity index (χ0n) is 7.05. The fourth-order valence-electron chi connectivity index (χ4n) is 0.785. The van der Waals surface area contributed by atoms with Gasteiger partial charge in [-0.1, -0.05) is 26.8 Å². The predicted octanol–water partition coefficient (Wildman–Crippen LogP) is 2.41. The Kier molecular flexibility index (Phi) is 2.14. The van der Waals surface area contributed by atoms with Crippen molar-refractivity contribution >= 4 is 11.3 Å². The van der Waals surface area contributed by atoms with Gasteiger partial charge in [0.15, 0.2) is 0 Å². The van der Waals surface area contributed by atoms with Crippen LogP contribution in [-0.2, 0) is 5.41 Å². The molecule has 1 aromatic heterocycles. The van der Waals surface area contributed by atoms with E-state index in [2.05, 4.69) is 20.8 Å². The van der Waals surface area contributed by atoms with E-state index in [0.717, 1.165) is 0 Å². The molecule has 1 nitrogen and oxygen atoms in total. The largest absolute Gasteiger partial charge is 0.278 e. The lowest BCUT2D eigenvalue weighted by atomic mass is 9.89. The number of hydrogen-bond donors (Lipinski definition) is 0. The first-order valence-electron chi connectivity index (χ1n) is 3.59. The van der Waals surface area contributed by atoms with Crippen molar-refractivity contribution in [2.45, 2.75) is 26.2 Å². The van der Waals surface area contributed by atoms with E-state index in [1.165, 1.54) is 16.9 Å². The second kappa shape index (κ2) is 2.78. The second-order valence-corrected chi connectivity index (χ2v) is 4.47. The molecule has 1 heterocycles. The molecule has 0 radical (unpaired) electrons. The second-order valence-electron chi connectivity index (χ2n) is 3.59. The van der Waals surface area contributed by atoms with Crippen molar-refractivity contribution in [3.63, 3.8) is 0 Å². The third-order valence-electron chi connectivity index (χ3n) is 1.57. The maximum atomic E-state index is 10.8. The molecule has 0 aliphatic rings. The molecule has 2 heteroatoms. The molecular weight excluding hydrogens is 156 g/mol. The summed E-state index contributed by atoms with van der Waals surface area (Å²) in [5.74, 6) is 0. The molecule has 0 fully saturated rings. The lowest BCUT2D eigenvalue weighted by Crippen LogP contribution is -2.11. The average Bonchev–Trinajstić information content (AvgIpc) is 1.86. The fourth-order valence-corrected chi connectivity index (χ4v) is 1.61. The van der Waals surface area contributed by atoms with Gasteiger partial charge >= 0.3 is 0 Å². The van der Waals surface area contributed by atoms with Gasteiger partial charge in [-0.05, 0) is 22.4 Å². The van der Waals surface area contributed by atoms with Crippen LogP contribution in [0.4, 0.5) is 0 Å². The molecule has 60 valence electrons. The third-order valence-corrected chi connectivity index (χ3v) is 2.31. The van der Waals surface area contributed by atoms with E-state index < -0.39 is 0 Å². The number of hydrogen-bond acceptors (Lipinski definition) is 2. The highest BCUT2D eigenvalue weighted by atomic mass is 32.1. The van der Waals surface area contributed by atoms with Crippen LogP contribution in [0.1, 0.15) is 26.3 Å². The summed E-state index contributed by atoms with van der Waals surface area (Å²) >= 11 is 1.27. The molecule has 0 bridgehead atoms. The van der Waals surface area contributed by atoms with Gasteiger partial charge in [0.25, 0.3) is 0 Å². The summed E-state index contributed by atoms with van der Waals surface area (Å²) in [5, 5.41) is 1.93. The maximum Gasteiger partial charge on any atom is 0.232 e. The van der Waals surface area contributed by atoms with E-state index in [1.807, 2.05) is 11.4 Å². The first kappa shape index (κ1) is 8.47. The maximum absolute atomic E-state index is 10.8. The van der Waals surface area contributed by atoms with E-state index >= 15 is 0 Å². The predicted molar refractivity (Wildman–Crippen MR) is 49.3 cm³/mol. The van der Waals surface area contributed by atoms with Crippen LogP contribution in [0.15, 0.2) is 22.3 Å². The summed E-state index contributed by atoms with van der Waals surface area (Å²) in [4.78, 5) is 10.8. The highest BCUT2D eigenvalue weighted by Gasteiger charge is 2.12. The van der Waals surface area contributed by atoms with E-state index in [4.69, 9.17) is 0 Å². The Hall–Kier alpha value is -0.630. The zero-order valence-corrected chi connectivity index (χ0v) is 7.87. The minimum Gasteiger partial charge on any atom is -0.278 e. The molecule has 0 atom stereocenters. The molecule has 1 aromatic rings. The van der Waals surface area contributed by atoms with E-state index in [1.54, 1.807) is 6.07 Å². The van der Waals surface area contributed by atoms with Gasteiger partial charge in [-0.15, -0.1) is 11.3 Å². The Morgan fingerprint density at radius 3 is 2.27 bits per heavy atom. The van der Waals surface area contributed by atoms with Gasteiger partial charge < -0.3 is 0 Å². The first-order valence-corrected chi connectivity index (χ1v) is 4.47. The van der Waals surface area contributed by atoms with Crippen LogP contribution in [0.5, 0.6) is 0 Å². The minimum atomic E-state index is 0.123. The van der Waals surface area contributed by atoms with Crippen LogP contribution in [-0.4, -0.2) is 0 Å². The summed E-state index contributed by atoms with van der Waals surface area (Å²) in [7, 11) is 0. The molecule has 0 unspecified atom stereocenters. The molecule has 0 aliphatic carbocycles. The van der Waals surface area contributed by atoms with Gasteiger partial charge in [0.2, 0.25) is 4.74 Å². The Bertz CT molecular complexity index is 273. The molecule has 0 spiro atoms. The van der Waals surface area contributed by atoms with Gasteiger partial charge in [0.1, 0.15) is 0 Å². The van der Waals surface area contributed by atoms with Gasteiger partial charge in [-0.3, -0.25) is 4.79 Å². The smallest absolute Gasteiger partial charge is 0.232 e. The van der Waals surface area contributed by atoms with Crippen LogP contribution in [0, 0.1) is 0 Å². The standard InChI is InChI=1S/C9H12OS/c1-9(2,3)7-4-5-8(10)11-6-7/h4-6H,1-3H3. The van der Waals surface area contributed by atoms with Gasteiger partial charge in [0.05, 0.1) is 0 Å². The average molecular weight is 168 g/mol. The molecule has 0 amide bonds. The summed E-state index contributed by atoms with van der Waals surface area (Å²) in [6, 6.07) is 3.53.